The Hall–Kier alpha value is -1.95. The number of hydrogen-bond donors (Lipinski definition) is 1. The van der Waals surface area contributed by atoms with Gasteiger partial charge in [-0.15, -0.1) is 6.42 Å². The van der Waals surface area contributed by atoms with Crippen LogP contribution in [-0.2, 0) is 6.54 Å². The average Bonchev–Trinajstić information content (AvgIpc) is 2.57. The maximum Gasteiger partial charge on any atom is 0.251 e. The maximum atomic E-state index is 11.2. The first kappa shape index (κ1) is 8.64. The summed E-state index contributed by atoms with van der Waals surface area (Å²) in [7, 11) is 0. The van der Waals surface area contributed by atoms with Gasteiger partial charge in [0.2, 0.25) is 0 Å². The van der Waals surface area contributed by atoms with Crippen molar-refractivity contribution in [3.05, 3.63) is 29.3 Å². The van der Waals surface area contributed by atoms with Crippen molar-refractivity contribution in [1.82, 2.24) is 5.32 Å². The van der Waals surface area contributed by atoms with Crippen molar-refractivity contribution in [2.24, 2.45) is 0 Å². The number of benzene rings is 1. The molecule has 1 aromatic rings. The third kappa shape index (κ3) is 1.42. The standard InChI is InChI=1S/C11H9NO2/c1-2-5-14-9-3-4-10-8(6-9)7-12-11(10)13/h1,3-4,6H,5,7H2,(H,12,13). The van der Waals surface area contributed by atoms with Gasteiger partial charge in [-0.05, 0) is 23.8 Å². The first-order valence-corrected chi connectivity index (χ1v) is 4.28. The van der Waals surface area contributed by atoms with E-state index in [0.29, 0.717) is 12.3 Å². The molecule has 1 amide bonds. The number of fused-ring (bicyclic) bond motifs is 1. The minimum absolute atomic E-state index is 0.0245. The molecule has 0 radical (unpaired) electrons. The van der Waals surface area contributed by atoms with Crippen molar-refractivity contribution in [3.8, 4) is 18.1 Å². The van der Waals surface area contributed by atoms with Crippen LogP contribution in [0.2, 0.25) is 0 Å². The molecule has 1 N–H and O–H groups in total. The lowest BCUT2D eigenvalue weighted by Gasteiger charge is -2.03. The summed E-state index contributed by atoms with van der Waals surface area (Å²) >= 11 is 0. The van der Waals surface area contributed by atoms with Crippen LogP contribution in [0.1, 0.15) is 15.9 Å². The van der Waals surface area contributed by atoms with E-state index in [-0.39, 0.29) is 12.5 Å². The van der Waals surface area contributed by atoms with Crippen LogP contribution in [0.25, 0.3) is 0 Å². The zero-order chi connectivity index (χ0) is 9.97. The topological polar surface area (TPSA) is 38.3 Å². The van der Waals surface area contributed by atoms with Crippen molar-refractivity contribution >= 4 is 5.91 Å². The molecule has 70 valence electrons. The molecule has 1 aliphatic rings. The highest BCUT2D eigenvalue weighted by atomic mass is 16.5. The second-order valence-electron chi connectivity index (χ2n) is 2.99. The van der Waals surface area contributed by atoms with Crippen molar-refractivity contribution < 1.29 is 9.53 Å². The predicted molar refractivity (Wildman–Crippen MR) is 51.9 cm³/mol. The van der Waals surface area contributed by atoms with Crippen molar-refractivity contribution in [3.63, 3.8) is 0 Å². The Bertz CT molecular complexity index is 418. The van der Waals surface area contributed by atoms with Crippen LogP contribution in [0.4, 0.5) is 0 Å². The summed E-state index contributed by atoms with van der Waals surface area (Å²) in [5, 5.41) is 2.73. The lowest BCUT2D eigenvalue weighted by molar-refractivity contribution is 0.0966. The van der Waals surface area contributed by atoms with Crippen LogP contribution in [0, 0.1) is 12.3 Å². The van der Waals surface area contributed by atoms with Crippen molar-refractivity contribution in [2.45, 2.75) is 6.54 Å². The van der Waals surface area contributed by atoms with Crippen molar-refractivity contribution in [2.75, 3.05) is 6.61 Å². The minimum atomic E-state index is -0.0245. The fourth-order valence-electron chi connectivity index (χ4n) is 1.42. The van der Waals surface area contributed by atoms with E-state index in [2.05, 4.69) is 11.2 Å². The molecule has 3 heteroatoms. The third-order valence-electron chi connectivity index (χ3n) is 2.08. The summed E-state index contributed by atoms with van der Waals surface area (Å²) in [4.78, 5) is 11.2. The molecule has 3 nitrogen and oxygen atoms in total. The van der Waals surface area contributed by atoms with E-state index in [1.165, 1.54) is 0 Å². The second kappa shape index (κ2) is 3.43. The summed E-state index contributed by atoms with van der Waals surface area (Å²) in [6, 6.07) is 5.34. The van der Waals surface area contributed by atoms with Gasteiger partial charge < -0.3 is 10.1 Å². The van der Waals surface area contributed by atoms with Crippen LogP contribution in [-0.4, -0.2) is 12.5 Å². The highest BCUT2D eigenvalue weighted by Crippen LogP contribution is 2.21. The fourth-order valence-corrected chi connectivity index (χ4v) is 1.42. The van der Waals surface area contributed by atoms with Gasteiger partial charge in [-0.3, -0.25) is 4.79 Å². The van der Waals surface area contributed by atoms with Gasteiger partial charge in [-0.1, -0.05) is 5.92 Å². The molecule has 2 rings (SSSR count). The minimum Gasteiger partial charge on any atom is -0.481 e. The van der Waals surface area contributed by atoms with Gasteiger partial charge in [0, 0.05) is 12.1 Å². The van der Waals surface area contributed by atoms with Crippen LogP contribution in [0.5, 0.6) is 5.75 Å². The smallest absolute Gasteiger partial charge is 0.251 e. The third-order valence-corrected chi connectivity index (χ3v) is 2.08. The van der Waals surface area contributed by atoms with E-state index in [9.17, 15) is 4.79 Å². The Morgan fingerprint density at radius 3 is 3.21 bits per heavy atom. The molecular weight excluding hydrogens is 178 g/mol. The lowest BCUT2D eigenvalue weighted by Crippen LogP contribution is -2.12. The predicted octanol–water partition coefficient (Wildman–Crippen LogP) is 0.942. The van der Waals surface area contributed by atoms with Gasteiger partial charge in [0.15, 0.2) is 0 Å². The Kier molecular flexibility index (Phi) is 2.11. The molecule has 14 heavy (non-hydrogen) atoms. The molecule has 0 saturated heterocycles. The zero-order valence-corrected chi connectivity index (χ0v) is 7.54. The molecular formula is C11H9NO2. The number of amides is 1. The Balaban J connectivity index is 2.25. The maximum absolute atomic E-state index is 11.2. The number of terminal acetylenes is 1. The summed E-state index contributed by atoms with van der Waals surface area (Å²) in [6.45, 7) is 0.821. The molecule has 0 spiro atoms. The molecule has 0 aliphatic carbocycles. The Morgan fingerprint density at radius 1 is 1.57 bits per heavy atom. The molecule has 1 aromatic carbocycles. The Labute approximate surface area is 82.1 Å². The number of carbonyl (C=O) groups is 1. The highest BCUT2D eigenvalue weighted by molar-refractivity contribution is 5.98. The SMILES string of the molecule is C#CCOc1ccc2c(c1)CNC2=O. The zero-order valence-electron chi connectivity index (χ0n) is 7.54. The molecule has 0 bridgehead atoms. The number of carbonyl (C=O) groups excluding carboxylic acids is 1. The number of hydrogen-bond acceptors (Lipinski definition) is 2. The summed E-state index contributed by atoms with van der Waals surface area (Å²) in [5.74, 6) is 3.07. The summed E-state index contributed by atoms with van der Waals surface area (Å²) in [6.07, 6.45) is 5.07. The second-order valence-corrected chi connectivity index (χ2v) is 2.99. The van der Waals surface area contributed by atoms with Gasteiger partial charge in [-0.25, -0.2) is 0 Å². The fraction of sp³-hybridized carbons (Fsp3) is 0.182. The largest absolute Gasteiger partial charge is 0.481 e. The summed E-state index contributed by atoms with van der Waals surface area (Å²) in [5.41, 5.74) is 1.68. The molecule has 0 aromatic heterocycles. The number of rotatable bonds is 2. The van der Waals surface area contributed by atoms with Gasteiger partial charge >= 0.3 is 0 Å². The normalized spacial score (nSPS) is 12.9. The molecule has 0 atom stereocenters. The number of ether oxygens (including phenoxy) is 1. The molecule has 1 heterocycles. The van der Waals surface area contributed by atoms with Crippen LogP contribution >= 0.6 is 0 Å². The summed E-state index contributed by atoms with van der Waals surface area (Å²) < 4.78 is 5.24. The molecule has 0 saturated carbocycles. The van der Waals surface area contributed by atoms with E-state index in [0.717, 1.165) is 11.1 Å². The lowest BCUT2D eigenvalue weighted by atomic mass is 10.1. The van der Waals surface area contributed by atoms with Gasteiger partial charge in [-0.2, -0.15) is 0 Å². The van der Waals surface area contributed by atoms with E-state index < -0.39 is 0 Å². The van der Waals surface area contributed by atoms with Crippen molar-refractivity contribution in [1.29, 1.82) is 0 Å². The average molecular weight is 187 g/mol. The van der Waals surface area contributed by atoms with Crippen LogP contribution in [0.15, 0.2) is 18.2 Å². The first-order valence-electron chi connectivity index (χ1n) is 4.28. The first-order chi connectivity index (χ1) is 6.81. The molecule has 0 unspecified atom stereocenters. The van der Waals surface area contributed by atoms with Crippen LogP contribution < -0.4 is 10.1 Å². The molecule has 1 aliphatic heterocycles. The van der Waals surface area contributed by atoms with Crippen LogP contribution in [0.3, 0.4) is 0 Å². The highest BCUT2D eigenvalue weighted by Gasteiger charge is 2.18. The van der Waals surface area contributed by atoms with Gasteiger partial charge in [0.1, 0.15) is 12.4 Å². The Morgan fingerprint density at radius 2 is 2.43 bits per heavy atom. The van der Waals surface area contributed by atoms with E-state index in [1.54, 1.807) is 12.1 Å². The monoisotopic (exact) mass is 187 g/mol. The van der Waals surface area contributed by atoms with E-state index >= 15 is 0 Å². The number of nitrogens with one attached hydrogen (secondary N) is 1. The van der Waals surface area contributed by atoms with E-state index in [4.69, 9.17) is 11.2 Å². The quantitative estimate of drug-likeness (QED) is 0.700. The van der Waals surface area contributed by atoms with Gasteiger partial charge in [0.25, 0.3) is 5.91 Å². The molecule has 0 fully saturated rings. The van der Waals surface area contributed by atoms with E-state index in [1.807, 2.05) is 6.07 Å². The van der Waals surface area contributed by atoms with Gasteiger partial charge in [0.05, 0.1) is 0 Å².